The molecule has 1 aromatic carbocycles. The lowest BCUT2D eigenvalue weighted by atomic mass is 9.86. The topological polar surface area (TPSA) is 55.0 Å². The van der Waals surface area contributed by atoms with Crippen LogP contribution in [-0.2, 0) is 0 Å². The first-order valence-corrected chi connectivity index (χ1v) is 7.38. The molecule has 1 saturated carbocycles. The van der Waals surface area contributed by atoms with E-state index in [1.807, 2.05) is 18.2 Å². The van der Waals surface area contributed by atoms with E-state index in [1.54, 1.807) is 6.33 Å². The van der Waals surface area contributed by atoms with Crippen LogP contribution < -0.4 is 10.6 Å². The molecule has 1 aliphatic carbocycles. The van der Waals surface area contributed by atoms with Gasteiger partial charge in [-0.2, -0.15) is 0 Å². The molecule has 4 heteroatoms. The Morgan fingerprint density at radius 1 is 1.25 bits per heavy atom. The summed E-state index contributed by atoms with van der Waals surface area (Å²) in [5, 5.41) is 1.09. The highest BCUT2D eigenvalue weighted by Gasteiger charge is 2.24. The summed E-state index contributed by atoms with van der Waals surface area (Å²) in [6.45, 7) is 2.35. The molecule has 2 atom stereocenters. The quantitative estimate of drug-likeness (QED) is 0.851. The third-order valence-corrected chi connectivity index (χ3v) is 4.43. The van der Waals surface area contributed by atoms with Crippen LogP contribution in [0.1, 0.15) is 32.6 Å². The lowest BCUT2D eigenvalue weighted by Crippen LogP contribution is -2.36. The van der Waals surface area contributed by atoms with Crippen LogP contribution in [0.3, 0.4) is 0 Å². The molecule has 1 aromatic heterocycles. The first-order valence-electron chi connectivity index (χ1n) is 7.38. The maximum absolute atomic E-state index is 5.84. The molecule has 2 aromatic rings. The molecule has 20 heavy (non-hydrogen) atoms. The van der Waals surface area contributed by atoms with Crippen LogP contribution in [-0.4, -0.2) is 23.1 Å². The van der Waals surface area contributed by atoms with Crippen LogP contribution in [0, 0.1) is 5.92 Å². The maximum Gasteiger partial charge on any atom is 0.139 e. The average molecular weight is 270 g/mol. The molecule has 2 N–H and O–H groups in total. The van der Waals surface area contributed by atoms with Crippen molar-refractivity contribution in [2.45, 2.75) is 38.6 Å². The van der Waals surface area contributed by atoms with Crippen LogP contribution in [0.15, 0.2) is 24.5 Å². The third-order valence-electron chi connectivity index (χ3n) is 4.43. The normalized spacial score (nSPS) is 22.9. The largest absolute Gasteiger partial charge is 0.399 e. The summed E-state index contributed by atoms with van der Waals surface area (Å²) in [5.41, 5.74) is 7.51. The molecule has 4 nitrogen and oxygen atoms in total. The van der Waals surface area contributed by atoms with E-state index < -0.39 is 0 Å². The van der Waals surface area contributed by atoms with Gasteiger partial charge < -0.3 is 10.6 Å². The van der Waals surface area contributed by atoms with Gasteiger partial charge in [-0.25, -0.2) is 9.97 Å². The summed E-state index contributed by atoms with van der Waals surface area (Å²) >= 11 is 0. The zero-order chi connectivity index (χ0) is 14.1. The highest BCUT2D eigenvalue weighted by Crippen LogP contribution is 2.31. The lowest BCUT2D eigenvalue weighted by molar-refractivity contribution is 0.336. The van der Waals surface area contributed by atoms with Crippen LogP contribution >= 0.6 is 0 Å². The second-order valence-corrected chi connectivity index (χ2v) is 6.01. The van der Waals surface area contributed by atoms with Crippen molar-refractivity contribution in [1.82, 2.24) is 9.97 Å². The molecule has 1 fully saturated rings. The SMILES string of the molecule is CC1CCCC(N(C)c2ncnc3cc(N)ccc23)C1. The summed E-state index contributed by atoms with van der Waals surface area (Å²) in [6.07, 6.45) is 6.80. The van der Waals surface area contributed by atoms with Gasteiger partial charge in [0.05, 0.1) is 5.52 Å². The van der Waals surface area contributed by atoms with Gasteiger partial charge in [0.2, 0.25) is 0 Å². The van der Waals surface area contributed by atoms with E-state index in [9.17, 15) is 0 Å². The van der Waals surface area contributed by atoms with Crippen molar-refractivity contribution in [2.75, 3.05) is 17.7 Å². The van der Waals surface area contributed by atoms with Crippen molar-refractivity contribution in [3.63, 3.8) is 0 Å². The molecule has 0 amide bonds. The van der Waals surface area contributed by atoms with Gasteiger partial charge in [-0.1, -0.05) is 19.8 Å². The Hall–Kier alpha value is -1.84. The van der Waals surface area contributed by atoms with Crippen molar-refractivity contribution < 1.29 is 0 Å². The number of rotatable bonds is 2. The average Bonchev–Trinajstić information content (AvgIpc) is 2.45. The van der Waals surface area contributed by atoms with Crippen molar-refractivity contribution in [2.24, 2.45) is 5.92 Å². The van der Waals surface area contributed by atoms with Gasteiger partial charge in [0.25, 0.3) is 0 Å². The Labute approximate surface area is 120 Å². The van der Waals surface area contributed by atoms with Crippen LogP contribution in [0.5, 0.6) is 0 Å². The first kappa shape index (κ1) is 13.2. The van der Waals surface area contributed by atoms with Gasteiger partial charge in [0.1, 0.15) is 12.1 Å². The minimum atomic E-state index is 0.578. The number of hydrogen-bond donors (Lipinski definition) is 1. The first-order chi connectivity index (χ1) is 9.65. The van der Waals surface area contributed by atoms with Gasteiger partial charge in [-0.3, -0.25) is 0 Å². The summed E-state index contributed by atoms with van der Waals surface area (Å²) in [7, 11) is 2.15. The summed E-state index contributed by atoms with van der Waals surface area (Å²) in [6, 6.07) is 6.45. The molecule has 2 unspecified atom stereocenters. The monoisotopic (exact) mass is 270 g/mol. The molecule has 0 spiro atoms. The second-order valence-electron chi connectivity index (χ2n) is 6.01. The van der Waals surface area contributed by atoms with Gasteiger partial charge in [0.15, 0.2) is 0 Å². The fraction of sp³-hybridized carbons (Fsp3) is 0.500. The van der Waals surface area contributed by atoms with E-state index in [0.29, 0.717) is 6.04 Å². The molecule has 106 valence electrons. The zero-order valence-electron chi connectivity index (χ0n) is 12.2. The Morgan fingerprint density at radius 3 is 2.90 bits per heavy atom. The van der Waals surface area contributed by atoms with Crippen molar-refractivity contribution >= 4 is 22.4 Å². The molecule has 1 heterocycles. The maximum atomic E-state index is 5.84. The van der Waals surface area contributed by atoms with E-state index in [-0.39, 0.29) is 0 Å². The van der Waals surface area contributed by atoms with E-state index in [1.165, 1.54) is 25.7 Å². The Bertz CT molecular complexity index is 610. The van der Waals surface area contributed by atoms with E-state index >= 15 is 0 Å². The van der Waals surface area contributed by atoms with Crippen LogP contribution in [0.25, 0.3) is 10.9 Å². The molecule has 0 bridgehead atoms. The standard InChI is InChI=1S/C16H22N4/c1-11-4-3-5-13(8-11)20(2)16-14-7-6-12(17)9-15(14)18-10-19-16/h6-7,9-11,13H,3-5,8,17H2,1-2H3. The summed E-state index contributed by atoms with van der Waals surface area (Å²) in [4.78, 5) is 11.2. The smallest absolute Gasteiger partial charge is 0.139 e. The Kier molecular flexibility index (Phi) is 3.47. The van der Waals surface area contributed by atoms with Gasteiger partial charge in [-0.15, -0.1) is 0 Å². The minimum absolute atomic E-state index is 0.578. The number of benzene rings is 1. The molecule has 0 radical (unpaired) electrons. The van der Waals surface area contributed by atoms with Crippen LogP contribution in [0.2, 0.25) is 0 Å². The fourth-order valence-corrected chi connectivity index (χ4v) is 3.27. The predicted octanol–water partition coefficient (Wildman–Crippen LogP) is 3.23. The molecule has 0 aliphatic heterocycles. The molecule has 3 rings (SSSR count). The van der Waals surface area contributed by atoms with E-state index in [4.69, 9.17) is 5.73 Å². The zero-order valence-corrected chi connectivity index (χ0v) is 12.2. The summed E-state index contributed by atoms with van der Waals surface area (Å²) < 4.78 is 0. The van der Waals surface area contributed by atoms with Crippen molar-refractivity contribution in [3.8, 4) is 0 Å². The number of anilines is 2. The number of nitrogen functional groups attached to an aromatic ring is 1. The molecular formula is C16H22N4. The highest BCUT2D eigenvalue weighted by atomic mass is 15.2. The van der Waals surface area contributed by atoms with Crippen molar-refractivity contribution in [1.29, 1.82) is 0 Å². The number of hydrogen-bond acceptors (Lipinski definition) is 4. The number of nitrogens with two attached hydrogens (primary N) is 1. The molecule has 0 saturated heterocycles. The minimum Gasteiger partial charge on any atom is -0.399 e. The predicted molar refractivity (Wildman–Crippen MR) is 83.8 cm³/mol. The summed E-state index contributed by atoms with van der Waals surface area (Å²) in [5.74, 6) is 1.83. The van der Waals surface area contributed by atoms with E-state index in [2.05, 4.69) is 28.8 Å². The Balaban J connectivity index is 1.96. The number of aromatic nitrogens is 2. The Morgan fingerprint density at radius 2 is 2.10 bits per heavy atom. The van der Waals surface area contributed by atoms with Gasteiger partial charge in [-0.05, 0) is 37.0 Å². The second kappa shape index (κ2) is 5.27. The number of fused-ring (bicyclic) bond motifs is 1. The van der Waals surface area contributed by atoms with Gasteiger partial charge in [0, 0.05) is 24.2 Å². The van der Waals surface area contributed by atoms with Gasteiger partial charge >= 0.3 is 0 Å². The van der Waals surface area contributed by atoms with E-state index in [0.717, 1.165) is 28.3 Å². The third kappa shape index (κ3) is 2.42. The fourth-order valence-electron chi connectivity index (χ4n) is 3.27. The van der Waals surface area contributed by atoms with Crippen LogP contribution in [0.4, 0.5) is 11.5 Å². The lowest BCUT2D eigenvalue weighted by Gasteiger charge is -2.35. The highest BCUT2D eigenvalue weighted by molar-refractivity contribution is 5.91. The number of nitrogens with zero attached hydrogens (tertiary/aromatic N) is 3. The van der Waals surface area contributed by atoms with Crippen molar-refractivity contribution in [3.05, 3.63) is 24.5 Å². The molecule has 1 aliphatic rings. The molecular weight excluding hydrogens is 248 g/mol.